The van der Waals surface area contributed by atoms with E-state index in [1.165, 1.54) is 11.3 Å². The van der Waals surface area contributed by atoms with Gasteiger partial charge in [0.15, 0.2) is 5.82 Å². The molecule has 0 aliphatic carbocycles. The standard InChI is InChI=1S/C15H18N8OS/c1-10(2)11-18-19-15-23(11)20-12(25-15)13(24)21-6-8-22(9-7-21)14-16-4-3-5-17-14/h3-5,10H,6-9H2,1-2H3. The molecule has 1 aliphatic rings. The monoisotopic (exact) mass is 358 g/mol. The van der Waals surface area contributed by atoms with Crippen molar-refractivity contribution in [3.63, 3.8) is 0 Å². The van der Waals surface area contributed by atoms with Gasteiger partial charge in [0.1, 0.15) is 0 Å². The minimum absolute atomic E-state index is 0.0566. The van der Waals surface area contributed by atoms with Crippen LogP contribution in [0.15, 0.2) is 18.5 Å². The number of nitrogens with zero attached hydrogens (tertiary/aromatic N) is 8. The summed E-state index contributed by atoms with van der Waals surface area (Å²) in [4.78, 5) is 25.8. The Kier molecular flexibility index (Phi) is 4.04. The first-order chi connectivity index (χ1) is 12.1. The van der Waals surface area contributed by atoms with Crippen molar-refractivity contribution in [1.82, 2.24) is 34.7 Å². The Bertz CT molecular complexity index is 881. The van der Waals surface area contributed by atoms with E-state index in [1.54, 1.807) is 23.0 Å². The Morgan fingerprint density at radius 1 is 1.12 bits per heavy atom. The molecule has 4 rings (SSSR count). The number of amides is 1. The van der Waals surface area contributed by atoms with Crippen LogP contribution in [0, 0.1) is 0 Å². The molecule has 1 aliphatic heterocycles. The van der Waals surface area contributed by atoms with Gasteiger partial charge in [0.2, 0.25) is 15.9 Å². The van der Waals surface area contributed by atoms with Gasteiger partial charge in [-0.25, -0.2) is 9.97 Å². The first-order valence-electron chi connectivity index (χ1n) is 8.17. The number of carbonyl (C=O) groups is 1. The van der Waals surface area contributed by atoms with Crippen molar-refractivity contribution >= 4 is 28.2 Å². The number of anilines is 1. The summed E-state index contributed by atoms with van der Waals surface area (Å²) < 4.78 is 1.68. The molecule has 130 valence electrons. The van der Waals surface area contributed by atoms with Gasteiger partial charge in [-0.15, -0.1) is 15.3 Å². The topological polar surface area (TPSA) is 92.4 Å². The molecule has 3 aromatic rings. The van der Waals surface area contributed by atoms with Crippen molar-refractivity contribution in [3.8, 4) is 0 Å². The molecule has 0 N–H and O–H groups in total. The van der Waals surface area contributed by atoms with Crippen LogP contribution in [0.4, 0.5) is 5.95 Å². The molecule has 4 heterocycles. The van der Waals surface area contributed by atoms with Gasteiger partial charge in [-0.3, -0.25) is 4.79 Å². The molecular formula is C15H18N8OS. The molecule has 10 heteroatoms. The maximum absolute atomic E-state index is 12.8. The number of hydrogen-bond donors (Lipinski definition) is 0. The maximum Gasteiger partial charge on any atom is 0.284 e. The molecule has 0 saturated carbocycles. The minimum Gasteiger partial charge on any atom is -0.337 e. The van der Waals surface area contributed by atoms with Gasteiger partial charge in [0.05, 0.1) is 0 Å². The summed E-state index contributed by atoms with van der Waals surface area (Å²) in [6.45, 7) is 6.71. The van der Waals surface area contributed by atoms with E-state index < -0.39 is 0 Å². The summed E-state index contributed by atoms with van der Waals surface area (Å²) in [6, 6.07) is 1.79. The van der Waals surface area contributed by atoms with Crippen LogP contribution in [0.2, 0.25) is 0 Å². The fraction of sp³-hybridized carbons (Fsp3) is 0.467. The third-order valence-electron chi connectivity index (χ3n) is 4.12. The molecule has 1 saturated heterocycles. The first kappa shape index (κ1) is 15.9. The van der Waals surface area contributed by atoms with Crippen molar-refractivity contribution in [2.75, 3.05) is 31.1 Å². The Labute approximate surface area is 148 Å². The Hall–Kier alpha value is -2.62. The highest BCUT2D eigenvalue weighted by Gasteiger charge is 2.26. The van der Waals surface area contributed by atoms with E-state index in [4.69, 9.17) is 0 Å². The molecule has 0 radical (unpaired) electrons. The Morgan fingerprint density at radius 2 is 1.84 bits per heavy atom. The second-order valence-electron chi connectivity index (χ2n) is 6.14. The van der Waals surface area contributed by atoms with Crippen LogP contribution < -0.4 is 4.90 Å². The van der Waals surface area contributed by atoms with E-state index in [0.29, 0.717) is 42.1 Å². The number of fused-ring (bicyclic) bond motifs is 1. The minimum atomic E-state index is -0.0566. The lowest BCUT2D eigenvalue weighted by Crippen LogP contribution is -2.49. The van der Waals surface area contributed by atoms with Gasteiger partial charge in [-0.1, -0.05) is 25.2 Å². The summed E-state index contributed by atoms with van der Waals surface area (Å²) in [7, 11) is 0. The van der Waals surface area contributed by atoms with E-state index in [-0.39, 0.29) is 11.8 Å². The third kappa shape index (κ3) is 2.93. The highest BCUT2D eigenvalue weighted by Crippen LogP contribution is 2.20. The zero-order valence-corrected chi connectivity index (χ0v) is 14.8. The van der Waals surface area contributed by atoms with Gasteiger partial charge in [-0.05, 0) is 6.07 Å². The van der Waals surface area contributed by atoms with E-state index in [0.717, 1.165) is 5.82 Å². The van der Waals surface area contributed by atoms with Crippen molar-refractivity contribution < 1.29 is 4.79 Å². The second kappa shape index (κ2) is 6.36. The summed E-state index contributed by atoms with van der Waals surface area (Å²) in [5, 5.41) is 13.1. The third-order valence-corrected chi connectivity index (χ3v) is 5.00. The lowest BCUT2D eigenvalue weighted by molar-refractivity contribution is 0.0744. The smallest absolute Gasteiger partial charge is 0.284 e. The zero-order chi connectivity index (χ0) is 17.4. The molecule has 0 aromatic carbocycles. The van der Waals surface area contributed by atoms with Gasteiger partial charge >= 0.3 is 0 Å². The van der Waals surface area contributed by atoms with Crippen LogP contribution in [-0.4, -0.2) is 66.8 Å². The Balaban J connectivity index is 1.47. The number of rotatable bonds is 3. The van der Waals surface area contributed by atoms with Crippen LogP contribution >= 0.6 is 11.3 Å². The lowest BCUT2D eigenvalue weighted by Gasteiger charge is -2.34. The predicted octanol–water partition coefficient (Wildman–Crippen LogP) is 1.06. The molecule has 25 heavy (non-hydrogen) atoms. The van der Waals surface area contributed by atoms with E-state index in [1.807, 2.05) is 18.7 Å². The van der Waals surface area contributed by atoms with Crippen molar-refractivity contribution in [2.45, 2.75) is 19.8 Å². The molecular weight excluding hydrogens is 340 g/mol. The summed E-state index contributed by atoms with van der Waals surface area (Å²) in [5.74, 6) is 1.62. The molecule has 3 aromatic heterocycles. The summed E-state index contributed by atoms with van der Waals surface area (Å²) >= 11 is 1.28. The molecule has 0 unspecified atom stereocenters. The Morgan fingerprint density at radius 3 is 2.52 bits per heavy atom. The molecule has 0 atom stereocenters. The van der Waals surface area contributed by atoms with Gasteiger partial charge < -0.3 is 9.80 Å². The maximum atomic E-state index is 12.8. The lowest BCUT2D eigenvalue weighted by atomic mass is 10.2. The number of aromatic nitrogens is 6. The predicted molar refractivity (Wildman–Crippen MR) is 92.9 cm³/mol. The highest BCUT2D eigenvalue weighted by molar-refractivity contribution is 7.18. The SMILES string of the molecule is CC(C)c1nnc2sc(C(=O)N3CCN(c4ncccn4)CC3)nn12. The highest BCUT2D eigenvalue weighted by atomic mass is 32.1. The average Bonchev–Trinajstić information content (AvgIpc) is 3.22. The van der Waals surface area contributed by atoms with Gasteiger partial charge in [0, 0.05) is 44.5 Å². The zero-order valence-electron chi connectivity index (χ0n) is 14.0. The van der Waals surface area contributed by atoms with Crippen molar-refractivity contribution in [1.29, 1.82) is 0 Å². The van der Waals surface area contributed by atoms with E-state index in [2.05, 4.69) is 30.2 Å². The quantitative estimate of drug-likeness (QED) is 0.691. The van der Waals surface area contributed by atoms with Gasteiger partial charge in [0.25, 0.3) is 5.91 Å². The first-order valence-corrected chi connectivity index (χ1v) is 8.98. The molecule has 0 bridgehead atoms. The van der Waals surface area contributed by atoms with Crippen LogP contribution in [0.25, 0.3) is 4.96 Å². The number of carbonyl (C=O) groups excluding carboxylic acids is 1. The van der Waals surface area contributed by atoms with Crippen LogP contribution in [-0.2, 0) is 0 Å². The average molecular weight is 358 g/mol. The molecule has 1 fully saturated rings. The summed E-state index contributed by atoms with van der Waals surface area (Å²) in [5.41, 5.74) is 0. The van der Waals surface area contributed by atoms with Crippen LogP contribution in [0.1, 0.15) is 35.4 Å². The molecule has 1 amide bonds. The normalized spacial score (nSPS) is 15.3. The fourth-order valence-electron chi connectivity index (χ4n) is 2.78. The largest absolute Gasteiger partial charge is 0.337 e. The second-order valence-corrected chi connectivity index (χ2v) is 7.10. The van der Waals surface area contributed by atoms with E-state index >= 15 is 0 Å². The number of piperazine rings is 1. The van der Waals surface area contributed by atoms with Crippen LogP contribution in [0.3, 0.4) is 0 Å². The molecule has 9 nitrogen and oxygen atoms in total. The fourth-order valence-corrected chi connectivity index (χ4v) is 3.59. The van der Waals surface area contributed by atoms with Crippen molar-refractivity contribution in [3.05, 3.63) is 29.3 Å². The molecule has 0 spiro atoms. The van der Waals surface area contributed by atoms with Crippen molar-refractivity contribution in [2.24, 2.45) is 0 Å². The number of hydrogen-bond acceptors (Lipinski definition) is 8. The van der Waals surface area contributed by atoms with Gasteiger partial charge in [-0.2, -0.15) is 4.52 Å². The van der Waals surface area contributed by atoms with Crippen LogP contribution in [0.5, 0.6) is 0 Å². The summed E-state index contributed by atoms with van der Waals surface area (Å²) in [6.07, 6.45) is 3.46. The van der Waals surface area contributed by atoms with E-state index in [9.17, 15) is 4.79 Å².